The van der Waals surface area contributed by atoms with Gasteiger partial charge < -0.3 is 8.92 Å². The Morgan fingerprint density at radius 1 is 0.913 bits per heavy atom. The second-order valence-corrected chi connectivity index (χ2v) is 6.74. The average Bonchev–Trinajstić information content (AvgIpc) is 2.48. The van der Waals surface area contributed by atoms with E-state index in [1.807, 2.05) is 18.2 Å². The Kier molecular flexibility index (Phi) is 7.13. The highest BCUT2D eigenvalue weighted by Crippen LogP contribution is 2.27. The van der Waals surface area contributed by atoms with Crippen LogP contribution < -0.4 is 8.92 Å². The van der Waals surface area contributed by atoms with Gasteiger partial charge in [-0.2, -0.15) is 21.6 Å². The van der Waals surface area contributed by atoms with Gasteiger partial charge in [0.2, 0.25) is 0 Å². The molecule has 0 N–H and O–H groups in total. The summed E-state index contributed by atoms with van der Waals surface area (Å²) in [5.41, 5.74) is -5.44. The van der Waals surface area contributed by atoms with Crippen LogP contribution >= 0.6 is 22.6 Å². The molecule has 2 aromatic rings. The molecule has 0 unspecified atom stereocenters. The minimum absolute atomic E-state index is 0.372. The summed E-state index contributed by atoms with van der Waals surface area (Å²) < 4.78 is 66.9. The number of ether oxygens (including phenoxy) is 1. The van der Waals surface area contributed by atoms with Gasteiger partial charge in [0, 0.05) is 3.57 Å². The molecular formula is C14H12F3IO4S. The van der Waals surface area contributed by atoms with Crippen molar-refractivity contribution in [1.82, 2.24) is 0 Å². The third-order valence-corrected chi connectivity index (χ3v) is 3.98. The molecule has 23 heavy (non-hydrogen) atoms. The fraction of sp³-hybridized carbons (Fsp3) is 0.143. The van der Waals surface area contributed by atoms with Crippen LogP contribution in [0.1, 0.15) is 0 Å². The Labute approximate surface area is 145 Å². The highest BCUT2D eigenvalue weighted by atomic mass is 127. The predicted octanol–water partition coefficient (Wildman–Crippen LogP) is 4.21. The van der Waals surface area contributed by atoms with Gasteiger partial charge in [-0.15, -0.1) is 0 Å². The number of alkyl halides is 3. The Hall–Kier alpha value is -1.49. The van der Waals surface area contributed by atoms with Crippen LogP contribution in [0, 0.1) is 3.57 Å². The Bertz CT molecular complexity index is 701. The zero-order valence-corrected chi connectivity index (χ0v) is 14.7. The fourth-order valence-corrected chi connectivity index (χ4v) is 2.09. The van der Waals surface area contributed by atoms with Gasteiger partial charge in [0.1, 0.15) is 11.5 Å². The van der Waals surface area contributed by atoms with Crippen molar-refractivity contribution in [2.75, 3.05) is 7.11 Å². The monoisotopic (exact) mass is 460 g/mol. The van der Waals surface area contributed by atoms with E-state index >= 15 is 0 Å². The first-order chi connectivity index (χ1) is 10.7. The van der Waals surface area contributed by atoms with Crippen LogP contribution in [0.2, 0.25) is 0 Å². The molecule has 0 aliphatic carbocycles. The van der Waals surface area contributed by atoms with E-state index in [2.05, 4.69) is 38.9 Å². The van der Waals surface area contributed by atoms with E-state index in [-0.39, 0.29) is 0 Å². The van der Waals surface area contributed by atoms with Gasteiger partial charge in [-0.05, 0) is 59.0 Å². The smallest absolute Gasteiger partial charge is 0.497 e. The summed E-state index contributed by atoms with van der Waals surface area (Å²) in [5, 5.41) is 0. The van der Waals surface area contributed by atoms with Gasteiger partial charge in [0.15, 0.2) is 0 Å². The van der Waals surface area contributed by atoms with Crippen molar-refractivity contribution in [3.63, 3.8) is 0 Å². The first-order valence-electron chi connectivity index (χ1n) is 6.01. The Balaban J connectivity index is 0.000000313. The summed E-state index contributed by atoms with van der Waals surface area (Å²) >= 11 is 2.28. The van der Waals surface area contributed by atoms with Gasteiger partial charge in [0.25, 0.3) is 0 Å². The molecule has 0 amide bonds. The molecule has 2 rings (SSSR count). The number of benzene rings is 2. The SMILES string of the molecule is COc1ccc(OS(=O)(=O)C(F)(F)F)cc1.Ic1ccccc1. The Morgan fingerprint density at radius 3 is 1.74 bits per heavy atom. The van der Waals surface area contributed by atoms with E-state index in [9.17, 15) is 21.6 Å². The minimum Gasteiger partial charge on any atom is -0.497 e. The van der Waals surface area contributed by atoms with E-state index in [0.717, 1.165) is 12.1 Å². The molecule has 0 saturated carbocycles. The number of rotatable bonds is 3. The van der Waals surface area contributed by atoms with Crippen molar-refractivity contribution in [3.8, 4) is 11.5 Å². The van der Waals surface area contributed by atoms with Crippen LogP contribution in [0.4, 0.5) is 13.2 Å². The molecule has 0 radical (unpaired) electrons. The molecule has 0 bridgehead atoms. The highest BCUT2D eigenvalue weighted by Gasteiger charge is 2.48. The minimum atomic E-state index is -5.61. The van der Waals surface area contributed by atoms with Crippen LogP contribution in [0.15, 0.2) is 54.6 Å². The van der Waals surface area contributed by atoms with Crippen molar-refractivity contribution in [2.45, 2.75) is 5.51 Å². The lowest BCUT2D eigenvalue weighted by Crippen LogP contribution is -2.27. The largest absolute Gasteiger partial charge is 0.534 e. The molecule has 0 aliphatic heterocycles. The van der Waals surface area contributed by atoms with Crippen LogP contribution in [-0.2, 0) is 10.1 Å². The number of hydrogen-bond donors (Lipinski definition) is 0. The number of halogens is 4. The summed E-state index contributed by atoms with van der Waals surface area (Å²) in [4.78, 5) is 0. The zero-order chi connectivity index (χ0) is 17.5. The molecule has 0 fully saturated rings. The zero-order valence-electron chi connectivity index (χ0n) is 11.7. The first-order valence-corrected chi connectivity index (χ1v) is 8.50. The topological polar surface area (TPSA) is 52.6 Å². The lowest BCUT2D eigenvalue weighted by molar-refractivity contribution is -0.0500. The van der Waals surface area contributed by atoms with Crippen molar-refractivity contribution in [3.05, 3.63) is 58.2 Å². The lowest BCUT2D eigenvalue weighted by Gasteiger charge is -2.09. The normalized spacial score (nSPS) is 11.2. The standard InChI is InChI=1S/C8H7F3O4S.C6H5I/c1-14-6-2-4-7(5-3-6)15-16(12,13)8(9,10)11;7-6-4-2-1-3-5-6/h2-5H,1H3;1-5H. The Morgan fingerprint density at radius 2 is 1.39 bits per heavy atom. The van der Waals surface area contributed by atoms with Crippen molar-refractivity contribution in [2.24, 2.45) is 0 Å². The second kappa shape index (κ2) is 8.39. The number of methoxy groups -OCH3 is 1. The molecule has 2 aromatic carbocycles. The summed E-state index contributed by atoms with van der Waals surface area (Å²) in [6.45, 7) is 0. The molecule has 0 saturated heterocycles. The molecule has 0 aromatic heterocycles. The highest BCUT2D eigenvalue weighted by molar-refractivity contribution is 14.1. The van der Waals surface area contributed by atoms with Gasteiger partial charge in [-0.3, -0.25) is 0 Å². The van der Waals surface area contributed by atoms with Crippen molar-refractivity contribution >= 4 is 32.7 Å². The maximum Gasteiger partial charge on any atom is 0.534 e. The van der Waals surface area contributed by atoms with E-state index in [0.29, 0.717) is 5.75 Å². The van der Waals surface area contributed by atoms with Gasteiger partial charge in [-0.25, -0.2) is 0 Å². The molecule has 4 nitrogen and oxygen atoms in total. The fourth-order valence-electron chi connectivity index (χ4n) is 1.22. The molecule has 0 aliphatic rings. The van der Waals surface area contributed by atoms with Crippen LogP contribution in [0.5, 0.6) is 11.5 Å². The summed E-state index contributed by atoms with van der Waals surface area (Å²) in [6.07, 6.45) is 0. The quantitative estimate of drug-likeness (QED) is 0.391. The predicted molar refractivity (Wildman–Crippen MR) is 87.8 cm³/mol. The third kappa shape index (κ3) is 6.65. The molecular weight excluding hydrogens is 448 g/mol. The van der Waals surface area contributed by atoms with E-state index in [1.54, 1.807) is 0 Å². The van der Waals surface area contributed by atoms with Crippen LogP contribution in [0.3, 0.4) is 0 Å². The molecule has 0 atom stereocenters. The van der Waals surface area contributed by atoms with Crippen molar-refractivity contribution in [1.29, 1.82) is 0 Å². The first kappa shape index (κ1) is 19.6. The summed E-state index contributed by atoms with van der Waals surface area (Å²) in [6, 6.07) is 14.9. The average molecular weight is 460 g/mol. The van der Waals surface area contributed by atoms with E-state index in [4.69, 9.17) is 4.74 Å². The van der Waals surface area contributed by atoms with E-state index in [1.165, 1.54) is 22.8 Å². The van der Waals surface area contributed by atoms with Crippen molar-refractivity contribution < 1.29 is 30.5 Å². The number of hydrogen-bond acceptors (Lipinski definition) is 4. The van der Waals surface area contributed by atoms with Crippen LogP contribution in [0.25, 0.3) is 0 Å². The van der Waals surface area contributed by atoms with Gasteiger partial charge >= 0.3 is 15.6 Å². The molecule has 126 valence electrons. The van der Waals surface area contributed by atoms with Gasteiger partial charge in [-0.1, -0.05) is 18.2 Å². The van der Waals surface area contributed by atoms with Crippen LogP contribution in [-0.4, -0.2) is 21.0 Å². The van der Waals surface area contributed by atoms with E-state index < -0.39 is 21.4 Å². The summed E-state index contributed by atoms with van der Waals surface area (Å²) in [7, 11) is -4.25. The maximum atomic E-state index is 11.9. The molecule has 0 heterocycles. The summed E-state index contributed by atoms with van der Waals surface area (Å²) in [5.74, 6) is -0.0603. The second-order valence-electron chi connectivity index (χ2n) is 3.95. The third-order valence-electron chi connectivity index (χ3n) is 2.28. The van der Waals surface area contributed by atoms with Gasteiger partial charge in [0.05, 0.1) is 7.11 Å². The molecule has 9 heteroatoms. The maximum absolute atomic E-state index is 11.9. The lowest BCUT2D eigenvalue weighted by atomic mass is 10.3. The molecule has 0 spiro atoms.